The summed E-state index contributed by atoms with van der Waals surface area (Å²) in [7, 11) is -1.98. The summed E-state index contributed by atoms with van der Waals surface area (Å²) in [6.07, 6.45) is 1.29. The van der Waals surface area contributed by atoms with Gasteiger partial charge in [0.1, 0.15) is 12.5 Å². The summed E-state index contributed by atoms with van der Waals surface area (Å²) in [6, 6.07) is 21.4. The van der Waals surface area contributed by atoms with Gasteiger partial charge in [-0.1, -0.05) is 81.4 Å². The van der Waals surface area contributed by atoms with Crippen LogP contribution in [0.2, 0.25) is 0 Å². The highest BCUT2D eigenvalue weighted by molar-refractivity contribution is 6.80. The van der Waals surface area contributed by atoms with Gasteiger partial charge in [0.25, 0.3) is 11.9 Å². The molecule has 2 fully saturated rings. The van der Waals surface area contributed by atoms with Crippen LogP contribution < -0.4 is 15.3 Å². The standard InChI is InChI=1S/C27H33N3O4Si/c1-27(2,3)22-18-30(26-28-23(19-33-26)24(31)29-14-16-32-17-15-29)25(22)34-35(20-10-6-4-7-11-20)21-12-8-5-9-13-21/h4-13,19,22,25,35H,14-18H2,1-3H3. The molecule has 8 heteroatoms. The molecule has 0 bridgehead atoms. The SMILES string of the molecule is CC(C)(C)C1CN(c2nc(C(=O)N3CCOCC3)co2)C1O[SiH](c1ccccc1)c1ccccc1. The number of carbonyl (C=O) groups is 1. The first-order valence-electron chi connectivity index (χ1n) is 12.3. The van der Waals surface area contributed by atoms with Crippen molar-refractivity contribution in [3.05, 3.63) is 72.6 Å². The smallest absolute Gasteiger partial charge is 0.300 e. The van der Waals surface area contributed by atoms with Crippen molar-refractivity contribution in [2.24, 2.45) is 11.3 Å². The Morgan fingerprint density at radius 3 is 2.17 bits per heavy atom. The average Bonchev–Trinajstić information content (AvgIpc) is 3.33. The minimum atomic E-state index is -1.98. The molecule has 0 N–H and O–H groups in total. The summed E-state index contributed by atoms with van der Waals surface area (Å²) in [5, 5.41) is 2.46. The van der Waals surface area contributed by atoms with Crippen molar-refractivity contribution >= 4 is 31.3 Å². The zero-order chi connectivity index (χ0) is 24.4. The van der Waals surface area contributed by atoms with Gasteiger partial charge in [0.05, 0.1) is 13.2 Å². The fourth-order valence-corrected chi connectivity index (χ4v) is 7.17. The summed E-state index contributed by atoms with van der Waals surface area (Å²) >= 11 is 0. The number of hydrogen-bond donors (Lipinski definition) is 0. The van der Waals surface area contributed by atoms with Crippen molar-refractivity contribution in [3.63, 3.8) is 0 Å². The van der Waals surface area contributed by atoms with Gasteiger partial charge in [-0.25, -0.2) is 0 Å². The molecule has 0 radical (unpaired) electrons. The van der Waals surface area contributed by atoms with Gasteiger partial charge >= 0.3 is 0 Å². The number of carbonyl (C=O) groups excluding carboxylic acids is 1. The van der Waals surface area contributed by atoms with Crippen molar-refractivity contribution in [2.75, 3.05) is 37.7 Å². The third-order valence-electron chi connectivity index (χ3n) is 6.89. The van der Waals surface area contributed by atoms with E-state index in [1.54, 1.807) is 4.90 Å². The van der Waals surface area contributed by atoms with Crippen LogP contribution in [0, 0.1) is 11.3 Å². The molecule has 184 valence electrons. The number of hydrogen-bond acceptors (Lipinski definition) is 6. The Hall–Kier alpha value is -2.94. The fourth-order valence-electron chi connectivity index (χ4n) is 4.71. The first-order chi connectivity index (χ1) is 16.9. The van der Waals surface area contributed by atoms with Gasteiger partial charge in [0, 0.05) is 25.6 Å². The minimum Gasteiger partial charge on any atom is -0.431 e. The molecule has 5 rings (SSSR count). The molecular formula is C27H33N3O4Si. The van der Waals surface area contributed by atoms with Crippen LogP contribution in [0.1, 0.15) is 31.3 Å². The van der Waals surface area contributed by atoms with E-state index in [1.165, 1.54) is 16.6 Å². The van der Waals surface area contributed by atoms with Crippen LogP contribution >= 0.6 is 0 Å². The van der Waals surface area contributed by atoms with Crippen molar-refractivity contribution in [3.8, 4) is 0 Å². The first-order valence-corrected chi connectivity index (χ1v) is 13.9. The molecule has 2 aromatic carbocycles. The normalized spacial score (nSPS) is 20.7. The Balaban J connectivity index is 1.41. The van der Waals surface area contributed by atoms with Crippen molar-refractivity contribution < 1.29 is 18.4 Å². The second-order valence-corrected chi connectivity index (χ2v) is 12.6. The van der Waals surface area contributed by atoms with E-state index >= 15 is 0 Å². The molecule has 1 aromatic heterocycles. The molecule has 2 unspecified atom stereocenters. The van der Waals surface area contributed by atoms with E-state index < -0.39 is 9.04 Å². The second kappa shape index (κ2) is 9.97. The Labute approximate surface area is 208 Å². The number of benzene rings is 2. The number of oxazole rings is 1. The lowest BCUT2D eigenvalue weighted by Crippen LogP contribution is -2.65. The van der Waals surface area contributed by atoms with Crippen LogP contribution in [-0.4, -0.2) is 63.9 Å². The molecule has 2 saturated heterocycles. The molecule has 3 heterocycles. The molecule has 3 aromatic rings. The van der Waals surface area contributed by atoms with Gasteiger partial charge < -0.3 is 23.4 Å². The number of aromatic nitrogens is 1. The summed E-state index contributed by atoms with van der Waals surface area (Å²) < 4.78 is 18.2. The summed E-state index contributed by atoms with van der Waals surface area (Å²) in [5.74, 6) is 0.185. The van der Waals surface area contributed by atoms with E-state index in [0.29, 0.717) is 43.9 Å². The molecule has 35 heavy (non-hydrogen) atoms. The fraction of sp³-hybridized carbons (Fsp3) is 0.407. The molecule has 1 amide bonds. The topological polar surface area (TPSA) is 68.0 Å². The van der Waals surface area contributed by atoms with Gasteiger partial charge in [-0.3, -0.25) is 4.79 Å². The molecule has 0 aliphatic carbocycles. The molecular weight excluding hydrogens is 458 g/mol. The highest BCUT2D eigenvalue weighted by atomic mass is 28.3. The summed E-state index contributed by atoms with van der Waals surface area (Å²) in [5.41, 5.74) is 0.381. The first kappa shape index (κ1) is 23.8. The lowest BCUT2D eigenvalue weighted by atomic mass is 9.74. The monoisotopic (exact) mass is 491 g/mol. The van der Waals surface area contributed by atoms with Gasteiger partial charge in [-0.05, 0) is 15.8 Å². The number of anilines is 1. The molecule has 0 saturated carbocycles. The maximum absolute atomic E-state index is 12.9. The maximum atomic E-state index is 12.9. The van der Waals surface area contributed by atoms with E-state index in [4.69, 9.17) is 13.6 Å². The van der Waals surface area contributed by atoms with E-state index in [1.807, 2.05) is 12.1 Å². The highest BCUT2D eigenvalue weighted by Crippen LogP contribution is 2.42. The van der Waals surface area contributed by atoms with Gasteiger partial charge in [0.2, 0.25) is 9.04 Å². The number of ether oxygens (including phenoxy) is 1. The number of morpholine rings is 1. The van der Waals surface area contributed by atoms with E-state index in [2.05, 4.69) is 79.2 Å². The predicted octanol–water partition coefficient (Wildman–Crippen LogP) is 2.51. The Morgan fingerprint density at radius 2 is 1.60 bits per heavy atom. The Morgan fingerprint density at radius 1 is 1.00 bits per heavy atom. The summed E-state index contributed by atoms with van der Waals surface area (Å²) in [6.45, 7) is 9.76. The van der Waals surface area contributed by atoms with E-state index in [9.17, 15) is 4.79 Å². The quantitative estimate of drug-likeness (QED) is 0.494. The van der Waals surface area contributed by atoms with Crippen LogP contribution in [0.4, 0.5) is 6.01 Å². The molecule has 7 nitrogen and oxygen atoms in total. The molecule has 2 aliphatic rings. The zero-order valence-corrected chi connectivity index (χ0v) is 21.7. The Bertz CT molecular complexity index is 1090. The largest absolute Gasteiger partial charge is 0.431 e. The van der Waals surface area contributed by atoms with E-state index in [-0.39, 0.29) is 17.6 Å². The van der Waals surface area contributed by atoms with Crippen LogP contribution in [-0.2, 0) is 9.16 Å². The maximum Gasteiger partial charge on any atom is 0.300 e. The molecule has 2 aliphatic heterocycles. The number of amides is 1. The third kappa shape index (κ3) is 5.05. The lowest BCUT2D eigenvalue weighted by molar-refractivity contribution is 0.000389. The van der Waals surface area contributed by atoms with Crippen molar-refractivity contribution in [1.29, 1.82) is 0 Å². The average molecular weight is 492 g/mol. The van der Waals surface area contributed by atoms with Gasteiger partial charge in [-0.15, -0.1) is 0 Å². The predicted molar refractivity (Wildman–Crippen MR) is 138 cm³/mol. The third-order valence-corrected chi connectivity index (χ3v) is 9.42. The summed E-state index contributed by atoms with van der Waals surface area (Å²) in [4.78, 5) is 21.3. The lowest BCUT2D eigenvalue weighted by Gasteiger charge is -2.53. The highest BCUT2D eigenvalue weighted by Gasteiger charge is 2.49. The van der Waals surface area contributed by atoms with Gasteiger partial charge in [-0.2, -0.15) is 4.98 Å². The van der Waals surface area contributed by atoms with Crippen LogP contribution in [0.25, 0.3) is 0 Å². The number of rotatable bonds is 6. The molecule has 2 atom stereocenters. The molecule has 0 spiro atoms. The van der Waals surface area contributed by atoms with Crippen molar-refractivity contribution in [2.45, 2.75) is 27.0 Å². The minimum absolute atomic E-state index is 0.0482. The van der Waals surface area contributed by atoms with Crippen molar-refractivity contribution in [1.82, 2.24) is 9.88 Å². The van der Waals surface area contributed by atoms with E-state index in [0.717, 1.165) is 6.54 Å². The number of nitrogens with zero attached hydrogens (tertiary/aromatic N) is 3. The second-order valence-electron chi connectivity index (χ2n) is 10.3. The van der Waals surface area contributed by atoms with Gasteiger partial charge in [0.15, 0.2) is 5.69 Å². The Kier molecular flexibility index (Phi) is 6.77. The zero-order valence-electron chi connectivity index (χ0n) is 20.6. The van der Waals surface area contributed by atoms with Crippen LogP contribution in [0.15, 0.2) is 71.3 Å². The van der Waals surface area contributed by atoms with Crippen LogP contribution in [0.5, 0.6) is 0 Å². The van der Waals surface area contributed by atoms with Crippen LogP contribution in [0.3, 0.4) is 0 Å².